The number of amides is 1. The van der Waals surface area contributed by atoms with Gasteiger partial charge in [0.1, 0.15) is 11.5 Å². The minimum absolute atomic E-state index is 0.00142. The minimum Gasteiger partial charge on any atom is -0.383 e. The van der Waals surface area contributed by atoms with Gasteiger partial charge in [-0.25, -0.2) is 4.79 Å². The van der Waals surface area contributed by atoms with Gasteiger partial charge in [0.25, 0.3) is 11.5 Å². The Hall–Kier alpha value is -3.00. The van der Waals surface area contributed by atoms with Crippen molar-refractivity contribution in [1.29, 1.82) is 0 Å². The molecule has 0 saturated carbocycles. The van der Waals surface area contributed by atoms with Crippen LogP contribution in [0.25, 0.3) is 10.9 Å². The summed E-state index contributed by atoms with van der Waals surface area (Å²) in [5.74, 6) is -0.104. The number of rotatable bonds is 8. The molecule has 4 N–H and O–H groups in total. The number of fused-ring (bicyclic) bond motifs is 1. The molecule has 31 heavy (non-hydrogen) atoms. The predicted molar refractivity (Wildman–Crippen MR) is 125 cm³/mol. The normalized spacial score (nSPS) is 11.4. The first-order valence-corrected chi connectivity index (χ1v) is 10.8. The SMILES string of the molecule is CCCCn1c(N)c(N(CCC(C)C)C(=O)c2cc3ccc(Cl)cc3[nH]2)c(=O)[nH]c1=O. The van der Waals surface area contributed by atoms with Crippen molar-refractivity contribution in [1.82, 2.24) is 14.5 Å². The van der Waals surface area contributed by atoms with Gasteiger partial charge in [-0.2, -0.15) is 0 Å². The fourth-order valence-electron chi connectivity index (χ4n) is 3.44. The molecule has 0 fully saturated rings. The molecule has 8 nitrogen and oxygen atoms in total. The van der Waals surface area contributed by atoms with E-state index < -0.39 is 17.2 Å². The van der Waals surface area contributed by atoms with E-state index >= 15 is 0 Å². The number of hydrogen-bond donors (Lipinski definition) is 3. The van der Waals surface area contributed by atoms with E-state index in [2.05, 4.69) is 9.97 Å². The largest absolute Gasteiger partial charge is 0.383 e. The van der Waals surface area contributed by atoms with Crippen LogP contribution in [0.2, 0.25) is 5.02 Å². The van der Waals surface area contributed by atoms with Crippen LogP contribution in [-0.2, 0) is 6.54 Å². The molecule has 3 aromatic rings. The maximum atomic E-state index is 13.5. The summed E-state index contributed by atoms with van der Waals surface area (Å²) < 4.78 is 1.32. The number of unbranched alkanes of at least 4 members (excludes halogenated alkanes) is 1. The Labute approximate surface area is 185 Å². The molecule has 0 bridgehead atoms. The lowest BCUT2D eigenvalue weighted by atomic mass is 10.1. The zero-order valence-corrected chi connectivity index (χ0v) is 18.8. The molecule has 0 atom stereocenters. The summed E-state index contributed by atoms with van der Waals surface area (Å²) in [6.07, 6.45) is 2.23. The number of benzene rings is 1. The van der Waals surface area contributed by atoms with Crippen molar-refractivity contribution < 1.29 is 4.79 Å². The summed E-state index contributed by atoms with van der Waals surface area (Å²) >= 11 is 6.06. The molecule has 0 aliphatic carbocycles. The van der Waals surface area contributed by atoms with E-state index in [1.807, 2.05) is 26.8 Å². The fraction of sp³-hybridized carbons (Fsp3) is 0.409. The smallest absolute Gasteiger partial charge is 0.330 e. The molecule has 3 rings (SSSR count). The maximum Gasteiger partial charge on any atom is 0.330 e. The number of carbonyl (C=O) groups is 1. The quantitative estimate of drug-likeness (QED) is 0.489. The van der Waals surface area contributed by atoms with E-state index in [0.29, 0.717) is 29.6 Å². The van der Waals surface area contributed by atoms with Crippen LogP contribution in [-0.4, -0.2) is 27.0 Å². The molecule has 2 heterocycles. The number of H-pyrrole nitrogens is 2. The maximum absolute atomic E-state index is 13.5. The second-order valence-corrected chi connectivity index (χ2v) is 8.49. The molecule has 1 aromatic carbocycles. The number of aromatic amines is 2. The summed E-state index contributed by atoms with van der Waals surface area (Å²) in [6.45, 7) is 6.70. The number of nitrogen functional groups attached to an aromatic ring is 1. The average molecular weight is 446 g/mol. The van der Waals surface area contributed by atoms with Crippen LogP contribution >= 0.6 is 11.6 Å². The van der Waals surface area contributed by atoms with Gasteiger partial charge >= 0.3 is 5.69 Å². The van der Waals surface area contributed by atoms with Gasteiger partial charge in [0.2, 0.25) is 0 Å². The third kappa shape index (κ3) is 4.85. The van der Waals surface area contributed by atoms with Crippen LogP contribution in [0.15, 0.2) is 33.9 Å². The fourth-order valence-corrected chi connectivity index (χ4v) is 3.61. The monoisotopic (exact) mass is 445 g/mol. The van der Waals surface area contributed by atoms with Gasteiger partial charge in [-0.1, -0.05) is 44.9 Å². The topological polar surface area (TPSA) is 117 Å². The number of anilines is 2. The molecule has 0 spiro atoms. The zero-order valence-electron chi connectivity index (χ0n) is 18.0. The third-order valence-corrected chi connectivity index (χ3v) is 5.44. The summed E-state index contributed by atoms with van der Waals surface area (Å²) in [4.78, 5) is 45.3. The highest BCUT2D eigenvalue weighted by molar-refractivity contribution is 6.31. The molecule has 0 unspecified atom stereocenters. The molecule has 0 aliphatic rings. The molecule has 9 heteroatoms. The van der Waals surface area contributed by atoms with E-state index in [1.54, 1.807) is 18.2 Å². The Bertz CT molecular complexity index is 1210. The lowest BCUT2D eigenvalue weighted by Crippen LogP contribution is -2.42. The highest BCUT2D eigenvalue weighted by Crippen LogP contribution is 2.24. The van der Waals surface area contributed by atoms with Gasteiger partial charge in [-0.15, -0.1) is 0 Å². The predicted octanol–water partition coefficient (Wildman–Crippen LogP) is 3.75. The zero-order chi connectivity index (χ0) is 22.7. The third-order valence-electron chi connectivity index (χ3n) is 5.21. The molecule has 0 radical (unpaired) electrons. The van der Waals surface area contributed by atoms with Crippen LogP contribution in [0.3, 0.4) is 0 Å². The van der Waals surface area contributed by atoms with Crippen LogP contribution in [0.4, 0.5) is 11.5 Å². The summed E-state index contributed by atoms with van der Waals surface area (Å²) in [5, 5.41) is 1.38. The number of nitrogens with zero attached hydrogens (tertiary/aromatic N) is 2. The van der Waals surface area contributed by atoms with Crippen LogP contribution in [0, 0.1) is 5.92 Å². The van der Waals surface area contributed by atoms with Crippen molar-refractivity contribution >= 4 is 39.9 Å². The molecule has 0 aliphatic heterocycles. The lowest BCUT2D eigenvalue weighted by molar-refractivity contribution is 0.0981. The summed E-state index contributed by atoms with van der Waals surface area (Å²) in [6, 6.07) is 7.01. The Balaban J connectivity index is 2.11. The van der Waals surface area contributed by atoms with Gasteiger partial charge < -0.3 is 10.7 Å². The Kier molecular flexibility index (Phi) is 6.90. The number of halogens is 1. The van der Waals surface area contributed by atoms with Crippen molar-refractivity contribution in [2.75, 3.05) is 17.2 Å². The Morgan fingerprint density at radius 2 is 1.97 bits per heavy atom. The van der Waals surface area contributed by atoms with E-state index in [4.69, 9.17) is 17.3 Å². The van der Waals surface area contributed by atoms with Gasteiger partial charge in [0.05, 0.1) is 0 Å². The molecule has 166 valence electrons. The van der Waals surface area contributed by atoms with Crippen LogP contribution in [0.5, 0.6) is 0 Å². The molecule has 0 saturated heterocycles. The molecule has 2 aromatic heterocycles. The van der Waals surface area contributed by atoms with E-state index in [-0.39, 0.29) is 18.1 Å². The number of nitrogens with two attached hydrogens (primary N) is 1. The van der Waals surface area contributed by atoms with E-state index in [1.165, 1.54) is 9.47 Å². The van der Waals surface area contributed by atoms with Gasteiger partial charge in [0.15, 0.2) is 5.69 Å². The minimum atomic E-state index is -0.675. The van der Waals surface area contributed by atoms with Crippen molar-refractivity contribution in [2.45, 2.75) is 46.6 Å². The van der Waals surface area contributed by atoms with Crippen molar-refractivity contribution in [2.24, 2.45) is 5.92 Å². The average Bonchev–Trinajstić information content (AvgIpc) is 3.12. The number of nitrogens with one attached hydrogen (secondary N) is 2. The van der Waals surface area contributed by atoms with Crippen LogP contribution < -0.4 is 21.9 Å². The number of hydrogen-bond acceptors (Lipinski definition) is 4. The van der Waals surface area contributed by atoms with E-state index in [9.17, 15) is 14.4 Å². The number of carbonyl (C=O) groups excluding carboxylic acids is 1. The Morgan fingerprint density at radius 1 is 1.23 bits per heavy atom. The molecular formula is C22H28ClN5O3. The summed E-state index contributed by atoms with van der Waals surface area (Å²) in [7, 11) is 0. The Morgan fingerprint density at radius 3 is 2.65 bits per heavy atom. The second-order valence-electron chi connectivity index (χ2n) is 8.05. The van der Waals surface area contributed by atoms with Gasteiger partial charge in [-0.3, -0.25) is 24.0 Å². The van der Waals surface area contributed by atoms with Crippen molar-refractivity contribution in [3.8, 4) is 0 Å². The first-order chi connectivity index (χ1) is 14.7. The lowest BCUT2D eigenvalue weighted by Gasteiger charge is -2.25. The van der Waals surface area contributed by atoms with Gasteiger partial charge in [-0.05, 0) is 37.0 Å². The van der Waals surface area contributed by atoms with Crippen molar-refractivity contribution in [3.63, 3.8) is 0 Å². The van der Waals surface area contributed by atoms with Crippen LogP contribution in [0.1, 0.15) is 50.5 Å². The highest BCUT2D eigenvalue weighted by Gasteiger charge is 2.26. The standard InChI is InChI=1S/C22H28ClN5O3/c1-4-5-9-28-19(24)18(20(29)26-22(28)31)27(10-8-13(2)3)21(30)17-11-14-6-7-15(23)12-16(14)25-17/h6-7,11-13,25H,4-5,8-10,24H2,1-3H3,(H,26,29,31). The van der Waals surface area contributed by atoms with Gasteiger partial charge in [0, 0.05) is 29.0 Å². The first-order valence-electron chi connectivity index (χ1n) is 10.5. The van der Waals surface area contributed by atoms with Crippen molar-refractivity contribution in [3.05, 3.63) is 55.8 Å². The molecular weight excluding hydrogens is 418 g/mol. The highest BCUT2D eigenvalue weighted by atomic mass is 35.5. The first kappa shape index (κ1) is 22.7. The summed E-state index contributed by atoms with van der Waals surface area (Å²) in [5.41, 5.74) is 6.04. The van der Waals surface area contributed by atoms with E-state index in [0.717, 1.165) is 23.7 Å². The second kappa shape index (κ2) is 9.43. The number of aromatic nitrogens is 3. The molecule has 1 amide bonds.